The van der Waals surface area contributed by atoms with Gasteiger partial charge in [0.15, 0.2) is 0 Å². The monoisotopic (exact) mass is 291 g/mol. The Bertz CT molecular complexity index is 725. The first kappa shape index (κ1) is 15.6. The largest absolute Gasteiger partial charge is 0.397 e. The SMILES string of the molecule is C=C/C(NN)=C(/N)c1ccc(-c2ccc(C=C)c(C)c2)cc1. The molecule has 22 heavy (non-hydrogen) atoms. The summed E-state index contributed by atoms with van der Waals surface area (Å²) in [6, 6.07) is 14.4. The van der Waals surface area contributed by atoms with E-state index in [-0.39, 0.29) is 0 Å². The predicted octanol–water partition coefficient (Wildman–Crippen LogP) is 3.58. The predicted molar refractivity (Wildman–Crippen MR) is 95.3 cm³/mol. The third-order valence-electron chi connectivity index (χ3n) is 3.67. The van der Waals surface area contributed by atoms with E-state index in [1.165, 1.54) is 5.56 Å². The summed E-state index contributed by atoms with van der Waals surface area (Å²) < 4.78 is 0. The van der Waals surface area contributed by atoms with Gasteiger partial charge in [0, 0.05) is 0 Å². The molecule has 0 aliphatic rings. The van der Waals surface area contributed by atoms with Gasteiger partial charge in [0.25, 0.3) is 0 Å². The fraction of sp³-hybridized carbons (Fsp3) is 0.0526. The number of rotatable bonds is 5. The average molecular weight is 291 g/mol. The van der Waals surface area contributed by atoms with E-state index in [0.29, 0.717) is 11.4 Å². The molecule has 0 aliphatic heterocycles. The Morgan fingerprint density at radius 3 is 2.18 bits per heavy atom. The maximum absolute atomic E-state index is 6.07. The van der Waals surface area contributed by atoms with E-state index in [1.54, 1.807) is 6.08 Å². The molecule has 0 aliphatic carbocycles. The minimum absolute atomic E-state index is 0.572. The van der Waals surface area contributed by atoms with Crippen molar-refractivity contribution in [2.75, 3.05) is 0 Å². The second kappa shape index (κ2) is 6.78. The van der Waals surface area contributed by atoms with Crippen molar-refractivity contribution in [2.45, 2.75) is 6.92 Å². The lowest BCUT2D eigenvalue weighted by Gasteiger charge is -2.10. The molecule has 0 saturated heterocycles. The molecular weight excluding hydrogens is 270 g/mol. The maximum Gasteiger partial charge on any atom is 0.0716 e. The van der Waals surface area contributed by atoms with Gasteiger partial charge in [0.1, 0.15) is 0 Å². The smallest absolute Gasteiger partial charge is 0.0716 e. The van der Waals surface area contributed by atoms with Gasteiger partial charge in [-0.15, -0.1) is 0 Å². The summed E-state index contributed by atoms with van der Waals surface area (Å²) in [5.41, 5.74) is 15.3. The lowest BCUT2D eigenvalue weighted by Crippen LogP contribution is -2.23. The van der Waals surface area contributed by atoms with Crippen molar-refractivity contribution in [3.8, 4) is 11.1 Å². The Hall–Kier alpha value is -2.78. The zero-order chi connectivity index (χ0) is 16.1. The van der Waals surface area contributed by atoms with Crippen LogP contribution in [0.15, 0.2) is 67.4 Å². The molecule has 5 N–H and O–H groups in total. The highest BCUT2D eigenvalue weighted by molar-refractivity contribution is 5.72. The van der Waals surface area contributed by atoms with E-state index in [9.17, 15) is 0 Å². The fourth-order valence-electron chi connectivity index (χ4n) is 2.33. The van der Waals surface area contributed by atoms with Crippen LogP contribution in [-0.4, -0.2) is 0 Å². The Kier molecular flexibility index (Phi) is 4.81. The first-order valence-electron chi connectivity index (χ1n) is 7.03. The van der Waals surface area contributed by atoms with Crippen LogP contribution in [0.3, 0.4) is 0 Å². The molecule has 0 bridgehead atoms. The molecule has 3 nitrogen and oxygen atoms in total. The van der Waals surface area contributed by atoms with Crippen molar-refractivity contribution < 1.29 is 0 Å². The number of hydrogen-bond donors (Lipinski definition) is 3. The highest BCUT2D eigenvalue weighted by atomic mass is 15.2. The van der Waals surface area contributed by atoms with Crippen LogP contribution < -0.4 is 17.0 Å². The molecule has 0 unspecified atom stereocenters. The zero-order valence-corrected chi connectivity index (χ0v) is 12.8. The summed E-state index contributed by atoms with van der Waals surface area (Å²) in [4.78, 5) is 0. The van der Waals surface area contributed by atoms with E-state index < -0.39 is 0 Å². The van der Waals surface area contributed by atoms with Crippen molar-refractivity contribution in [3.05, 3.63) is 84.1 Å². The van der Waals surface area contributed by atoms with Crippen LogP contribution in [0.5, 0.6) is 0 Å². The van der Waals surface area contributed by atoms with Gasteiger partial charge in [-0.25, -0.2) is 0 Å². The van der Waals surface area contributed by atoms with Gasteiger partial charge < -0.3 is 11.2 Å². The molecule has 0 heterocycles. The molecule has 0 radical (unpaired) electrons. The van der Waals surface area contributed by atoms with Crippen LogP contribution in [-0.2, 0) is 0 Å². The molecule has 0 aromatic heterocycles. The van der Waals surface area contributed by atoms with Crippen LogP contribution in [0.4, 0.5) is 0 Å². The average Bonchev–Trinajstić information content (AvgIpc) is 2.56. The van der Waals surface area contributed by atoms with Gasteiger partial charge in [0.2, 0.25) is 0 Å². The molecule has 3 heteroatoms. The standard InChI is InChI=1S/C19H21N3/c1-4-14-6-11-17(12-13(14)3)15-7-9-16(10-8-15)19(20)18(5-2)22-21/h4-12,22H,1-2,20-21H2,3H3/b19-18-. The minimum atomic E-state index is 0.572. The number of nitrogens with two attached hydrogens (primary N) is 2. The van der Waals surface area contributed by atoms with Crippen LogP contribution in [0.1, 0.15) is 16.7 Å². The quantitative estimate of drug-likeness (QED) is 0.448. The summed E-state index contributed by atoms with van der Waals surface area (Å²) in [6.45, 7) is 9.58. The molecular formula is C19H21N3. The van der Waals surface area contributed by atoms with E-state index >= 15 is 0 Å². The molecule has 0 fully saturated rings. The van der Waals surface area contributed by atoms with Crippen molar-refractivity contribution in [3.63, 3.8) is 0 Å². The van der Waals surface area contributed by atoms with E-state index in [1.807, 2.05) is 30.3 Å². The first-order valence-corrected chi connectivity index (χ1v) is 7.03. The number of benzene rings is 2. The normalized spacial score (nSPS) is 11.5. The zero-order valence-electron chi connectivity index (χ0n) is 12.8. The van der Waals surface area contributed by atoms with Crippen LogP contribution in [0.25, 0.3) is 22.9 Å². The topological polar surface area (TPSA) is 64.1 Å². The lowest BCUT2D eigenvalue weighted by molar-refractivity contribution is 0.917. The third kappa shape index (κ3) is 3.10. The van der Waals surface area contributed by atoms with Crippen LogP contribution >= 0.6 is 0 Å². The number of hydrogen-bond acceptors (Lipinski definition) is 3. The first-order chi connectivity index (χ1) is 10.6. The van der Waals surface area contributed by atoms with Crippen LogP contribution in [0, 0.1) is 6.92 Å². The van der Waals surface area contributed by atoms with E-state index in [2.05, 4.69) is 43.7 Å². The molecule has 0 spiro atoms. The van der Waals surface area contributed by atoms with Crippen molar-refractivity contribution in [1.82, 2.24) is 5.43 Å². The number of hydrazine groups is 1. The molecule has 0 saturated carbocycles. The van der Waals surface area contributed by atoms with Crippen LogP contribution in [0.2, 0.25) is 0 Å². The fourth-order valence-corrected chi connectivity index (χ4v) is 2.33. The number of allylic oxidation sites excluding steroid dienone is 1. The van der Waals surface area contributed by atoms with Crippen molar-refractivity contribution in [2.24, 2.45) is 11.6 Å². The number of nitrogens with one attached hydrogen (secondary N) is 1. The molecule has 2 aromatic rings. The van der Waals surface area contributed by atoms with Gasteiger partial charge >= 0.3 is 0 Å². The Balaban J connectivity index is 2.37. The molecule has 112 valence electrons. The molecule has 0 atom stereocenters. The van der Waals surface area contributed by atoms with E-state index in [4.69, 9.17) is 11.6 Å². The Morgan fingerprint density at radius 2 is 1.68 bits per heavy atom. The van der Waals surface area contributed by atoms with E-state index in [0.717, 1.165) is 22.3 Å². The second-order valence-corrected chi connectivity index (χ2v) is 5.03. The van der Waals surface area contributed by atoms with Crippen molar-refractivity contribution in [1.29, 1.82) is 0 Å². The molecule has 2 aromatic carbocycles. The summed E-state index contributed by atoms with van der Waals surface area (Å²) in [6.07, 6.45) is 3.46. The summed E-state index contributed by atoms with van der Waals surface area (Å²) in [5, 5.41) is 0. The highest BCUT2D eigenvalue weighted by Crippen LogP contribution is 2.24. The Morgan fingerprint density at radius 1 is 1.05 bits per heavy atom. The highest BCUT2D eigenvalue weighted by Gasteiger charge is 2.04. The molecule has 2 rings (SSSR count). The summed E-state index contributed by atoms with van der Waals surface area (Å²) in [7, 11) is 0. The third-order valence-corrected chi connectivity index (χ3v) is 3.67. The maximum atomic E-state index is 6.07. The van der Waals surface area contributed by atoms with Gasteiger partial charge in [0.05, 0.1) is 11.4 Å². The second-order valence-electron chi connectivity index (χ2n) is 5.03. The van der Waals surface area contributed by atoms with Crippen molar-refractivity contribution >= 4 is 11.8 Å². The van der Waals surface area contributed by atoms with Gasteiger partial charge in [-0.3, -0.25) is 5.84 Å². The summed E-state index contributed by atoms with van der Waals surface area (Å²) >= 11 is 0. The Labute approximate surface area is 131 Å². The van der Waals surface area contributed by atoms with Gasteiger partial charge in [-0.2, -0.15) is 0 Å². The minimum Gasteiger partial charge on any atom is -0.397 e. The van der Waals surface area contributed by atoms with Gasteiger partial charge in [-0.05, 0) is 40.8 Å². The molecule has 0 amide bonds. The summed E-state index contributed by atoms with van der Waals surface area (Å²) in [5.74, 6) is 5.42. The van der Waals surface area contributed by atoms with Gasteiger partial charge in [-0.1, -0.05) is 61.7 Å². The number of aryl methyl sites for hydroxylation is 1. The lowest BCUT2D eigenvalue weighted by atomic mass is 9.98.